The predicted molar refractivity (Wildman–Crippen MR) is 105 cm³/mol. The molecule has 2 aromatic carbocycles. The molecule has 0 aliphatic carbocycles. The molecule has 0 bridgehead atoms. The average Bonchev–Trinajstić information content (AvgIpc) is 2.64. The first-order valence-corrected chi connectivity index (χ1v) is 8.67. The Morgan fingerprint density at radius 3 is 2.14 bits per heavy atom. The Kier molecular flexibility index (Phi) is 7.06. The molecule has 150 valence electrons. The van der Waals surface area contributed by atoms with Crippen molar-refractivity contribution in [1.82, 2.24) is 10.2 Å². The summed E-state index contributed by atoms with van der Waals surface area (Å²) in [6, 6.07) is 10.4. The molecule has 2 aromatic rings. The molecular weight excluding hydrogens is 366 g/mol. The third kappa shape index (κ3) is 5.50. The number of nitrogens with one attached hydrogen (secondary N) is 2. The van der Waals surface area contributed by atoms with Gasteiger partial charge in [-0.05, 0) is 43.9 Å². The van der Waals surface area contributed by atoms with Crippen LogP contribution in [0.25, 0.3) is 0 Å². The Labute approximate surface area is 163 Å². The molecule has 0 fully saturated rings. The molecule has 0 aliphatic heterocycles. The summed E-state index contributed by atoms with van der Waals surface area (Å²) in [5.41, 5.74) is 1.76. The van der Waals surface area contributed by atoms with Gasteiger partial charge in [-0.15, -0.1) is 0 Å². The van der Waals surface area contributed by atoms with E-state index in [1.165, 1.54) is 0 Å². The zero-order valence-electron chi connectivity index (χ0n) is 16.3. The van der Waals surface area contributed by atoms with E-state index in [-0.39, 0.29) is 18.3 Å². The lowest BCUT2D eigenvalue weighted by molar-refractivity contribution is -0.136. The molecule has 0 unspecified atom stereocenters. The van der Waals surface area contributed by atoms with Crippen molar-refractivity contribution in [2.75, 3.05) is 45.0 Å². The van der Waals surface area contributed by atoms with E-state index in [0.29, 0.717) is 6.07 Å². The molecule has 2 amide bonds. The fraction of sp³-hybridized carbons (Fsp3) is 0.300. The summed E-state index contributed by atoms with van der Waals surface area (Å²) in [4.78, 5) is 28.0. The summed E-state index contributed by atoms with van der Waals surface area (Å²) in [7, 11) is 7.62. The quantitative estimate of drug-likeness (QED) is 0.744. The number of hydrogen-bond acceptors (Lipinski definition) is 4. The molecule has 0 spiro atoms. The van der Waals surface area contributed by atoms with Gasteiger partial charge in [-0.25, -0.2) is 8.78 Å². The van der Waals surface area contributed by atoms with E-state index < -0.39 is 23.4 Å². The highest BCUT2D eigenvalue weighted by Gasteiger charge is 2.20. The Hall–Kier alpha value is -3.00. The van der Waals surface area contributed by atoms with Crippen LogP contribution in [0.3, 0.4) is 0 Å². The largest absolute Gasteiger partial charge is 0.378 e. The summed E-state index contributed by atoms with van der Waals surface area (Å²) in [5, 5.41) is 4.69. The van der Waals surface area contributed by atoms with E-state index in [0.717, 1.165) is 23.4 Å². The number of rotatable bonds is 6. The molecule has 6 nitrogen and oxygen atoms in total. The van der Waals surface area contributed by atoms with Crippen LogP contribution in [-0.4, -0.2) is 51.4 Å². The number of halogens is 2. The molecular formula is C20H24F2N4O2. The number of nitrogens with zero attached hydrogens (tertiary/aromatic N) is 2. The van der Waals surface area contributed by atoms with Crippen LogP contribution in [0.15, 0.2) is 42.5 Å². The van der Waals surface area contributed by atoms with Crippen LogP contribution < -0.4 is 15.5 Å². The second kappa shape index (κ2) is 9.27. The summed E-state index contributed by atoms with van der Waals surface area (Å²) in [6.07, 6.45) is 0. The number of benzene rings is 2. The van der Waals surface area contributed by atoms with Gasteiger partial charge in [0.25, 0.3) is 0 Å². The number of hydrogen-bond donors (Lipinski definition) is 2. The third-order valence-corrected chi connectivity index (χ3v) is 4.26. The van der Waals surface area contributed by atoms with Crippen LogP contribution in [0.4, 0.5) is 20.2 Å². The highest BCUT2D eigenvalue weighted by atomic mass is 19.1. The van der Waals surface area contributed by atoms with E-state index in [4.69, 9.17) is 0 Å². The predicted octanol–water partition coefficient (Wildman–Crippen LogP) is 2.39. The van der Waals surface area contributed by atoms with E-state index in [1.807, 2.05) is 62.3 Å². The number of anilines is 2. The van der Waals surface area contributed by atoms with Crippen molar-refractivity contribution in [3.8, 4) is 0 Å². The number of amides is 2. The first-order valence-electron chi connectivity index (χ1n) is 8.67. The Bertz CT molecular complexity index is 839. The van der Waals surface area contributed by atoms with Gasteiger partial charge in [0.1, 0.15) is 11.6 Å². The van der Waals surface area contributed by atoms with Gasteiger partial charge in [-0.3, -0.25) is 9.59 Å². The highest BCUT2D eigenvalue weighted by Crippen LogP contribution is 2.21. The first kappa shape index (κ1) is 21.3. The number of carbonyl (C=O) groups excluding carboxylic acids is 2. The molecule has 0 aromatic heterocycles. The zero-order valence-corrected chi connectivity index (χ0v) is 16.3. The molecule has 0 saturated carbocycles. The second-order valence-corrected chi connectivity index (χ2v) is 6.75. The van der Waals surface area contributed by atoms with Crippen LogP contribution in [0.1, 0.15) is 11.6 Å². The van der Waals surface area contributed by atoms with Gasteiger partial charge in [0.2, 0.25) is 0 Å². The Morgan fingerprint density at radius 1 is 0.964 bits per heavy atom. The van der Waals surface area contributed by atoms with Crippen LogP contribution in [0.5, 0.6) is 0 Å². The van der Waals surface area contributed by atoms with Crippen molar-refractivity contribution in [1.29, 1.82) is 0 Å². The first-order chi connectivity index (χ1) is 13.2. The van der Waals surface area contributed by atoms with Crippen LogP contribution in [0.2, 0.25) is 0 Å². The Balaban J connectivity index is 2.00. The summed E-state index contributed by atoms with van der Waals surface area (Å²) in [5.74, 6) is -3.64. The molecule has 28 heavy (non-hydrogen) atoms. The molecule has 0 heterocycles. The van der Waals surface area contributed by atoms with Crippen molar-refractivity contribution in [2.45, 2.75) is 6.04 Å². The van der Waals surface area contributed by atoms with Crippen molar-refractivity contribution < 1.29 is 18.4 Å². The Morgan fingerprint density at radius 2 is 1.61 bits per heavy atom. The van der Waals surface area contributed by atoms with Crippen molar-refractivity contribution in [2.24, 2.45) is 0 Å². The van der Waals surface area contributed by atoms with E-state index in [1.54, 1.807) is 0 Å². The summed E-state index contributed by atoms with van der Waals surface area (Å²) >= 11 is 0. The minimum absolute atomic E-state index is 0.157. The van der Waals surface area contributed by atoms with Gasteiger partial charge >= 0.3 is 11.8 Å². The van der Waals surface area contributed by atoms with Crippen LogP contribution in [0, 0.1) is 11.6 Å². The normalized spacial score (nSPS) is 11.8. The average molecular weight is 390 g/mol. The topological polar surface area (TPSA) is 64.7 Å². The SMILES string of the molecule is CN(C)c1ccc([C@@H](CNC(=O)C(=O)Nc2ccc(F)cc2F)N(C)C)cc1. The fourth-order valence-electron chi connectivity index (χ4n) is 2.63. The fourth-order valence-corrected chi connectivity index (χ4v) is 2.63. The van der Waals surface area contributed by atoms with Crippen LogP contribution in [-0.2, 0) is 9.59 Å². The van der Waals surface area contributed by atoms with E-state index >= 15 is 0 Å². The van der Waals surface area contributed by atoms with Gasteiger partial charge in [-0.1, -0.05) is 12.1 Å². The summed E-state index contributed by atoms with van der Waals surface area (Å²) in [6.45, 7) is 0.187. The smallest absolute Gasteiger partial charge is 0.313 e. The monoisotopic (exact) mass is 390 g/mol. The van der Waals surface area contributed by atoms with E-state index in [9.17, 15) is 18.4 Å². The van der Waals surface area contributed by atoms with Gasteiger partial charge in [0.15, 0.2) is 0 Å². The summed E-state index contributed by atoms with van der Waals surface area (Å²) < 4.78 is 26.5. The lowest BCUT2D eigenvalue weighted by Crippen LogP contribution is -2.40. The lowest BCUT2D eigenvalue weighted by Gasteiger charge is -2.25. The maximum atomic E-state index is 13.6. The maximum absolute atomic E-state index is 13.6. The minimum Gasteiger partial charge on any atom is -0.378 e. The van der Waals surface area contributed by atoms with Gasteiger partial charge in [0, 0.05) is 32.4 Å². The molecule has 0 saturated heterocycles. The standard InChI is InChI=1S/C20H24F2N4O2/c1-25(2)15-8-5-13(6-9-15)18(26(3)4)12-23-19(27)20(28)24-17-10-7-14(21)11-16(17)22/h5-11,18H,12H2,1-4H3,(H,23,27)(H,24,28)/t18-/m1/s1. The molecule has 2 N–H and O–H groups in total. The van der Waals surface area contributed by atoms with Gasteiger partial charge in [0.05, 0.1) is 11.7 Å². The third-order valence-electron chi connectivity index (χ3n) is 4.26. The maximum Gasteiger partial charge on any atom is 0.313 e. The number of carbonyl (C=O) groups is 2. The molecule has 2 rings (SSSR count). The minimum atomic E-state index is -1.02. The van der Waals surface area contributed by atoms with Crippen molar-refractivity contribution >= 4 is 23.2 Å². The van der Waals surface area contributed by atoms with E-state index in [2.05, 4.69) is 10.6 Å². The molecule has 0 radical (unpaired) electrons. The van der Waals surface area contributed by atoms with Crippen molar-refractivity contribution in [3.63, 3.8) is 0 Å². The molecule has 8 heteroatoms. The molecule has 0 aliphatic rings. The van der Waals surface area contributed by atoms with Gasteiger partial charge in [-0.2, -0.15) is 0 Å². The number of likely N-dealkylation sites (N-methyl/N-ethyl adjacent to an activating group) is 1. The zero-order chi connectivity index (χ0) is 20.8. The van der Waals surface area contributed by atoms with Crippen molar-refractivity contribution in [3.05, 3.63) is 59.7 Å². The molecule has 1 atom stereocenters. The second-order valence-electron chi connectivity index (χ2n) is 6.75. The van der Waals surface area contributed by atoms with Crippen LogP contribution >= 0.6 is 0 Å². The highest BCUT2D eigenvalue weighted by molar-refractivity contribution is 6.39. The lowest BCUT2D eigenvalue weighted by atomic mass is 10.1. The van der Waals surface area contributed by atoms with Gasteiger partial charge < -0.3 is 20.4 Å².